The van der Waals surface area contributed by atoms with Crippen molar-refractivity contribution in [3.63, 3.8) is 0 Å². The van der Waals surface area contributed by atoms with Gasteiger partial charge in [-0.25, -0.2) is 8.78 Å². The number of rotatable bonds is 6. The molecule has 0 bridgehead atoms. The highest BCUT2D eigenvalue weighted by Crippen LogP contribution is 2.33. The zero-order chi connectivity index (χ0) is 13.8. The van der Waals surface area contributed by atoms with Gasteiger partial charge in [-0.2, -0.15) is 0 Å². The van der Waals surface area contributed by atoms with Crippen LogP contribution in [-0.2, 0) is 5.41 Å². The molecular formula is C14H21F2NO. The maximum atomic E-state index is 14.0. The monoisotopic (exact) mass is 257 g/mol. The van der Waals surface area contributed by atoms with E-state index in [0.717, 1.165) is 13.1 Å². The Balaban J connectivity index is 3.00. The van der Waals surface area contributed by atoms with Crippen LogP contribution in [0.1, 0.15) is 32.8 Å². The van der Waals surface area contributed by atoms with Gasteiger partial charge in [0.2, 0.25) is 0 Å². The normalized spacial score (nSPS) is 11.7. The van der Waals surface area contributed by atoms with Gasteiger partial charge in [0.05, 0.1) is 7.11 Å². The number of methoxy groups -OCH3 is 1. The molecule has 0 amide bonds. The lowest BCUT2D eigenvalue weighted by Crippen LogP contribution is -2.27. The Morgan fingerprint density at radius 2 is 1.78 bits per heavy atom. The molecule has 1 rings (SSSR count). The molecule has 0 unspecified atom stereocenters. The number of nitrogens with one attached hydrogen (secondary N) is 1. The average Bonchev–Trinajstić information content (AvgIpc) is 2.27. The second kappa shape index (κ2) is 6.14. The molecule has 0 aliphatic heterocycles. The highest BCUT2D eigenvalue weighted by Gasteiger charge is 2.28. The van der Waals surface area contributed by atoms with E-state index < -0.39 is 17.0 Å². The molecule has 0 aliphatic carbocycles. The van der Waals surface area contributed by atoms with Crippen LogP contribution in [0.2, 0.25) is 0 Å². The van der Waals surface area contributed by atoms with Crippen LogP contribution in [0.25, 0.3) is 0 Å². The van der Waals surface area contributed by atoms with E-state index in [2.05, 4.69) is 5.32 Å². The molecule has 1 N–H and O–H groups in total. The molecule has 0 atom stereocenters. The summed E-state index contributed by atoms with van der Waals surface area (Å²) in [4.78, 5) is 0. The Hall–Kier alpha value is -1.16. The van der Waals surface area contributed by atoms with Gasteiger partial charge >= 0.3 is 0 Å². The van der Waals surface area contributed by atoms with Crippen molar-refractivity contribution in [3.8, 4) is 5.75 Å². The van der Waals surface area contributed by atoms with E-state index in [9.17, 15) is 8.78 Å². The molecule has 4 heteroatoms. The zero-order valence-electron chi connectivity index (χ0n) is 11.4. The molecule has 102 valence electrons. The first-order valence-electron chi connectivity index (χ1n) is 6.16. The van der Waals surface area contributed by atoms with Crippen LogP contribution in [0.5, 0.6) is 5.75 Å². The number of ether oxygens (including phenoxy) is 1. The zero-order valence-corrected chi connectivity index (χ0v) is 11.4. The van der Waals surface area contributed by atoms with Crippen molar-refractivity contribution in [3.05, 3.63) is 29.3 Å². The Labute approximate surface area is 107 Å². The molecule has 0 saturated heterocycles. The lowest BCUT2D eigenvalue weighted by atomic mass is 9.80. The molecule has 0 aliphatic rings. The topological polar surface area (TPSA) is 21.3 Å². The van der Waals surface area contributed by atoms with Gasteiger partial charge < -0.3 is 10.1 Å². The van der Waals surface area contributed by atoms with E-state index in [-0.39, 0.29) is 11.3 Å². The quantitative estimate of drug-likeness (QED) is 0.790. The molecule has 0 aromatic heterocycles. The minimum atomic E-state index is -0.553. The van der Waals surface area contributed by atoms with Gasteiger partial charge in [-0.05, 0) is 24.9 Å². The van der Waals surface area contributed by atoms with Gasteiger partial charge in [-0.3, -0.25) is 0 Å². The van der Waals surface area contributed by atoms with Gasteiger partial charge in [0.1, 0.15) is 17.4 Å². The molecule has 0 fully saturated rings. The summed E-state index contributed by atoms with van der Waals surface area (Å²) in [5.41, 5.74) is -0.427. The summed E-state index contributed by atoms with van der Waals surface area (Å²) >= 11 is 0. The second-order valence-corrected chi connectivity index (χ2v) is 4.95. The Morgan fingerprint density at radius 3 is 2.22 bits per heavy atom. The smallest absolute Gasteiger partial charge is 0.133 e. The third-order valence-corrected chi connectivity index (χ3v) is 3.10. The predicted molar refractivity (Wildman–Crippen MR) is 69.1 cm³/mol. The van der Waals surface area contributed by atoms with Crippen molar-refractivity contribution in [1.29, 1.82) is 0 Å². The molecule has 1 aromatic carbocycles. The van der Waals surface area contributed by atoms with E-state index in [1.54, 1.807) is 0 Å². The molecule has 18 heavy (non-hydrogen) atoms. The first kappa shape index (κ1) is 14.9. The molecule has 0 radical (unpaired) electrons. The van der Waals surface area contributed by atoms with Gasteiger partial charge in [0.15, 0.2) is 0 Å². The summed E-state index contributed by atoms with van der Waals surface area (Å²) in [5.74, 6) is -0.891. The molecule has 1 aromatic rings. The van der Waals surface area contributed by atoms with E-state index in [1.807, 2.05) is 20.8 Å². The standard InChI is InChI=1S/C14H21F2NO/c1-5-17-7-6-14(2,3)13-11(15)8-10(18-4)9-12(13)16/h8-9,17H,5-7H2,1-4H3. The average molecular weight is 257 g/mol. The van der Waals surface area contributed by atoms with Crippen molar-refractivity contribution in [2.24, 2.45) is 0 Å². The lowest BCUT2D eigenvalue weighted by molar-refractivity contribution is 0.387. The summed E-state index contributed by atoms with van der Waals surface area (Å²) in [6.45, 7) is 7.27. The number of halogens is 2. The van der Waals surface area contributed by atoms with Crippen LogP contribution >= 0.6 is 0 Å². The fourth-order valence-corrected chi connectivity index (χ4v) is 2.02. The van der Waals surface area contributed by atoms with E-state index in [1.165, 1.54) is 19.2 Å². The van der Waals surface area contributed by atoms with Gasteiger partial charge in [0.25, 0.3) is 0 Å². The fourth-order valence-electron chi connectivity index (χ4n) is 2.02. The summed E-state index contributed by atoms with van der Waals surface area (Å²) < 4.78 is 32.8. The molecule has 0 spiro atoms. The third-order valence-electron chi connectivity index (χ3n) is 3.10. The van der Waals surface area contributed by atoms with Crippen LogP contribution in [0, 0.1) is 11.6 Å². The number of hydrogen-bond acceptors (Lipinski definition) is 2. The minimum absolute atomic E-state index is 0.126. The van der Waals surface area contributed by atoms with Crippen LogP contribution in [-0.4, -0.2) is 20.2 Å². The number of benzene rings is 1. The molecule has 0 heterocycles. The van der Waals surface area contributed by atoms with E-state index in [0.29, 0.717) is 6.42 Å². The summed E-state index contributed by atoms with van der Waals surface area (Å²) in [6.07, 6.45) is 0.668. The summed E-state index contributed by atoms with van der Waals surface area (Å²) in [6, 6.07) is 2.46. The molecule has 2 nitrogen and oxygen atoms in total. The lowest BCUT2D eigenvalue weighted by Gasteiger charge is -2.26. The summed E-state index contributed by atoms with van der Waals surface area (Å²) in [5, 5.41) is 3.17. The molecule has 0 saturated carbocycles. The van der Waals surface area contributed by atoms with Gasteiger partial charge in [-0.1, -0.05) is 20.8 Å². The maximum Gasteiger partial charge on any atom is 0.133 e. The first-order chi connectivity index (χ1) is 8.42. The largest absolute Gasteiger partial charge is 0.497 e. The summed E-state index contributed by atoms with van der Waals surface area (Å²) in [7, 11) is 1.39. The number of hydrogen-bond donors (Lipinski definition) is 1. The van der Waals surface area contributed by atoms with E-state index in [4.69, 9.17) is 4.74 Å². The Kier molecular flexibility index (Phi) is 5.08. The minimum Gasteiger partial charge on any atom is -0.497 e. The van der Waals surface area contributed by atoms with Crippen LogP contribution < -0.4 is 10.1 Å². The first-order valence-corrected chi connectivity index (χ1v) is 6.16. The van der Waals surface area contributed by atoms with E-state index >= 15 is 0 Å². The molecular weight excluding hydrogens is 236 g/mol. The maximum absolute atomic E-state index is 14.0. The fraction of sp³-hybridized carbons (Fsp3) is 0.571. The predicted octanol–water partition coefficient (Wildman–Crippen LogP) is 3.25. The van der Waals surface area contributed by atoms with Crippen LogP contribution in [0.15, 0.2) is 12.1 Å². The van der Waals surface area contributed by atoms with Gasteiger partial charge in [-0.15, -0.1) is 0 Å². The van der Waals surface area contributed by atoms with Crippen LogP contribution in [0.3, 0.4) is 0 Å². The van der Waals surface area contributed by atoms with Crippen LogP contribution in [0.4, 0.5) is 8.78 Å². The van der Waals surface area contributed by atoms with Crippen molar-refractivity contribution in [2.75, 3.05) is 20.2 Å². The SMILES string of the molecule is CCNCCC(C)(C)c1c(F)cc(OC)cc1F. The third kappa shape index (κ3) is 3.42. The van der Waals surface area contributed by atoms with Gasteiger partial charge in [0, 0.05) is 17.7 Å². The Bertz CT molecular complexity index is 382. The van der Waals surface area contributed by atoms with Crippen molar-refractivity contribution < 1.29 is 13.5 Å². The van der Waals surface area contributed by atoms with Crippen molar-refractivity contribution in [1.82, 2.24) is 5.32 Å². The highest BCUT2D eigenvalue weighted by molar-refractivity contribution is 5.34. The highest BCUT2D eigenvalue weighted by atomic mass is 19.1. The van der Waals surface area contributed by atoms with Crippen molar-refractivity contribution in [2.45, 2.75) is 32.6 Å². The second-order valence-electron chi connectivity index (χ2n) is 4.95. The van der Waals surface area contributed by atoms with Crippen molar-refractivity contribution >= 4 is 0 Å². The Morgan fingerprint density at radius 1 is 1.22 bits per heavy atom.